The molecule has 2 heteroatoms. The molecule has 78 valence electrons. The zero-order chi connectivity index (χ0) is 10.2. The second-order valence-electron chi connectivity index (χ2n) is 4.83. The lowest BCUT2D eigenvalue weighted by Gasteiger charge is -2.46. The van der Waals surface area contributed by atoms with Gasteiger partial charge in [-0.15, -0.1) is 0 Å². The first-order valence-electron chi connectivity index (χ1n) is 5.50. The van der Waals surface area contributed by atoms with Crippen LogP contribution < -0.4 is 11.5 Å². The zero-order valence-electron chi connectivity index (χ0n) is 8.82. The van der Waals surface area contributed by atoms with Gasteiger partial charge in [0.25, 0.3) is 0 Å². The van der Waals surface area contributed by atoms with Crippen LogP contribution in [0.4, 0.5) is 0 Å². The van der Waals surface area contributed by atoms with E-state index in [4.69, 9.17) is 11.5 Å². The van der Waals surface area contributed by atoms with Gasteiger partial charge in [-0.2, -0.15) is 0 Å². The van der Waals surface area contributed by atoms with Crippen LogP contribution in [0.3, 0.4) is 0 Å². The van der Waals surface area contributed by atoms with Gasteiger partial charge < -0.3 is 11.5 Å². The van der Waals surface area contributed by atoms with Crippen LogP contribution in [0.1, 0.15) is 26.2 Å². The molecule has 14 heavy (non-hydrogen) atoms. The average molecular weight is 192 g/mol. The van der Waals surface area contributed by atoms with Gasteiger partial charge >= 0.3 is 0 Å². The number of hydrogen-bond donors (Lipinski definition) is 2. The van der Waals surface area contributed by atoms with Crippen LogP contribution in [-0.2, 0) is 0 Å². The molecule has 0 bridgehead atoms. The van der Waals surface area contributed by atoms with Gasteiger partial charge in [0.05, 0.1) is 0 Å². The van der Waals surface area contributed by atoms with Crippen molar-refractivity contribution in [1.82, 2.24) is 0 Å². The van der Waals surface area contributed by atoms with Gasteiger partial charge in [0, 0.05) is 11.6 Å². The SMILES string of the molecule is CC(N)CC(N)(C1C=CC1)C1C=CC1. The Balaban J connectivity index is 2.10. The van der Waals surface area contributed by atoms with Crippen molar-refractivity contribution in [2.24, 2.45) is 23.3 Å². The van der Waals surface area contributed by atoms with Gasteiger partial charge in [0.15, 0.2) is 0 Å². The van der Waals surface area contributed by atoms with Gasteiger partial charge in [-0.3, -0.25) is 0 Å². The minimum atomic E-state index is -0.0856. The third kappa shape index (κ3) is 1.53. The van der Waals surface area contributed by atoms with Crippen LogP contribution in [-0.4, -0.2) is 11.6 Å². The molecule has 2 rings (SSSR count). The Hall–Kier alpha value is -0.600. The molecule has 0 amide bonds. The van der Waals surface area contributed by atoms with Gasteiger partial charge in [0.2, 0.25) is 0 Å². The Kier molecular flexibility index (Phi) is 2.50. The molecule has 0 radical (unpaired) electrons. The maximum absolute atomic E-state index is 6.53. The molecule has 0 aromatic carbocycles. The summed E-state index contributed by atoms with van der Waals surface area (Å²) in [6.45, 7) is 2.05. The number of rotatable bonds is 4. The molecular formula is C12H20N2. The van der Waals surface area contributed by atoms with Gasteiger partial charge in [-0.25, -0.2) is 0 Å². The summed E-state index contributed by atoms with van der Waals surface area (Å²) in [6.07, 6.45) is 12.1. The van der Waals surface area contributed by atoms with Crippen LogP contribution in [0, 0.1) is 11.8 Å². The summed E-state index contributed by atoms with van der Waals surface area (Å²) in [5.74, 6) is 1.09. The Morgan fingerprint density at radius 3 is 1.93 bits per heavy atom. The molecule has 0 aliphatic heterocycles. The van der Waals surface area contributed by atoms with E-state index in [1.54, 1.807) is 0 Å². The first-order valence-corrected chi connectivity index (χ1v) is 5.50. The van der Waals surface area contributed by atoms with E-state index in [1.807, 2.05) is 6.92 Å². The van der Waals surface area contributed by atoms with E-state index >= 15 is 0 Å². The first-order chi connectivity index (χ1) is 6.63. The molecule has 0 spiro atoms. The van der Waals surface area contributed by atoms with Crippen LogP contribution in [0.15, 0.2) is 24.3 Å². The van der Waals surface area contributed by atoms with Crippen LogP contribution in [0.5, 0.6) is 0 Å². The summed E-state index contributed by atoms with van der Waals surface area (Å²) in [5.41, 5.74) is 12.3. The molecule has 0 aromatic rings. The summed E-state index contributed by atoms with van der Waals surface area (Å²) in [5, 5.41) is 0. The zero-order valence-corrected chi connectivity index (χ0v) is 8.82. The number of hydrogen-bond acceptors (Lipinski definition) is 2. The normalized spacial score (nSPS) is 35.6. The monoisotopic (exact) mass is 192 g/mol. The Bertz CT molecular complexity index is 245. The van der Waals surface area contributed by atoms with Gasteiger partial charge in [-0.1, -0.05) is 24.3 Å². The molecule has 0 saturated heterocycles. The topological polar surface area (TPSA) is 52.0 Å². The summed E-state index contributed by atoms with van der Waals surface area (Å²) in [4.78, 5) is 0. The van der Waals surface area contributed by atoms with Crippen LogP contribution >= 0.6 is 0 Å². The van der Waals surface area contributed by atoms with Crippen molar-refractivity contribution < 1.29 is 0 Å². The molecule has 0 aromatic heterocycles. The Morgan fingerprint density at radius 2 is 1.71 bits per heavy atom. The summed E-state index contributed by atoms with van der Waals surface area (Å²) < 4.78 is 0. The highest BCUT2D eigenvalue weighted by molar-refractivity contribution is 5.21. The van der Waals surface area contributed by atoms with Crippen LogP contribution in [0.25, 0.3) is 0 Å². The largest absolute Gasteiger partial charge is 0.328 e. The minimum Gasteiger partial charge on any atom is -0.328 e. The quantitative estimate of drug-likeness (QED) is 0.664. The minimum absolute atomic E-state index is 0.0856. The molecule has 3 unspecified atom stereocenters. The second-order valence-corrected chi connectivity index (χ2v) is 4.83. The van der Waals surface area contributed by atoms with Gasteiger partial charge in [-0.05, 0) is 38.0 Å². The lowest BCUT2D eigenvalue weighted by molar-refractivity contribution is 0.190. The van der Waals surface area contributed by atoms with E-state index in [2.05, 4.69) is 24.3 Å². The van der Waals surface area contributed by atoms with Crippen molar-refractivity contribution in [3.05, 3.63) is 24.3 Å². The van der Waals surface area contributed by atoms with E-state index < -0.39 is 0 Å². The average Bonchev–Trinajstić information content (AvgIpc) is 1.71. The Morgan fingerprint density at radius 1 is 1.29 bits per heavy atom. The van der Waals surface area contributed by atoms with Crippen molar-refractivity contribution in [2.75, 3.05) is 0 Å². The van der Waals surface area contributed by atoms with E-state index in [9.17, 15) is 0 Å². The highest BCUT2D eigenvalue weighted by atomic mass is 14.8. The fraction of sp³-hybridized carbons (Fsp3) is 0.667. The van der Waals surface area contributed by atoms with Crippen molar-refractivity contribution in [3.63, 3.8) is 0 Å². The van der Waals surface area contributed by atoms with E-state index in [0.29, 0.717) is 11.8 Å². The molecule has 0 heterocycles. The molecule has 0 saturated carbocycles. The third-order valence-corrected chi connectivity index (χ3v) is 3.57. The fourth-order valence-corrected chi connectivity index (χ4v) is 2.48. The van der Waals surface area contributed by atoms with E-state index in [0.717, 1.165) is 19.3 Å². The molecule has 2 aliphatic carbocycles. The van der Waals surface area contributed by atoms with Crippen molar-refractivity contribution >= 4 is 0 Å². The first kappa shape index (κ1) is 9.94. The molecular weight excluding hydrogens is 172 g/mol. The lowest BCUT2D eigenvalue weighted by atomic mass is 9.63. The second kappa shape index (κ2) is 3.52. The molecule has 4 N–H and O–H groups in total. The maximum Gasteiger partial charge on any atom is 0.0302 e. The third-order valence-electron chi connectivity index (χ3n) is 3.57. The van der Waals surface area contributed by atoms with E-state index in [-0.39, 0.29) is 11.6 Å². The fourth-order valence-electron chi connectivity index (χ4n) is 2.48. The molecule has 2 aliphatic rings. The van der Waals surface area contributed by atoms with E-state index in [1.165, 1.54) is 0 Å². The predicted octanol–water partition coefficient (Wildman–Crippen LogP) is 1.57. The van der Waals surface area contributed by atoms with Crippen molar-refractivity contribution in [3.8, 4) is 0 Å². The molecule has 3 atom stereocenters. The lowest BCUT2D eigenvalue weighted by Crippen LogP contribution is -2.57. The predicted molar refractivity (Wildman–Crippen MR) is 59.7 cm³/mol. The highest BCUT2D eigenvalue weighted by Gasteiger charge is 2.42. The maximum atomic E-state index is 6.53. The number of nitrogens with two attached hydrogens (primary N) is 2. The summed E-state index contributed by atoms with van der Waals surface area (Å²) in [6, 6.07) is 0.197. The van der Waals surface area contributed by atoms with Crippen molar-refractivity contribution in [1.29, 1.82) is 0 Å². The molecule has 2 nitrogen and oxygen atoms in total. The standard InChI is InChI=1S/C12H20N2/c1-9(13)8-12(14,10-4-2-5-10)11-6-3-7-11/h2-4,6,9-11H,5,7-8,13-14H2,1H3. The van der Waals surface area contributed by atoms with Crippen molar-refractivity contribution in [2.45, 2.75) is 37.8 Å². The van der Waals surface area contributed by atoms with Gasteiger partial charge in [0.1, 0.15) is 0 Å². The highest BCUT2D eigenvalue weighted by Crippen LogP contribution is 2.41. The summed E-state index contributed by atoms with van der Waals surface area (Å²) in [7, 11) is 0. The molecule has 0 fully saturated rings. The number of allylic oxidation sites excluding steroid dienone is 2. The summed E-state index contributed by atoms with van der Waals surface area (Å²) >= 11 is 0. The van der Waals surface area contributed by atoms with Crippen LogP contribution in [0.2, 0.25) is 0 Å². The Labute approximate surface area is 86.0 Å². The smallest absolute Gasteiger partial charge is 0.0302 e.